The first-order valence-electron chi connectivity index (χ1n) is 12.0. The quantitative estimate of drug-likeness (QED) is 0.362. The van der Waals surface area contributed by atoms with Crippen molar-refractivity contribution >= 4 is 23.6 Å². The summed E-state index contributed by atoms with van der Waals surface area (Å²) in [5, 5.41) is 2.94. The third-order valence-electron chi connectivity index (χ3n) is 5.86. The van der Waals surface area contributed by atoms with Crippen molar-refractivity contribution in [3.63, 3.8) is 0 Å². The standard InChI is InChI=1S/C29H33FN2O2S/c1-3-17-31-29(34)27(18-23-12-5-4-6-13-23)32(19-24-14-9-10-16-26(24)30)28(33)21-35-20-25-15-8-7-11-22(25)2/h4-16,27H,3,17-21H2,1-2H3,(H,31,34)/t27-/m1/s1. The molecule has 2 amide bonds. The summed E-state index contributed by atoms with van der Waals surface area (Å²) in [5.41, 5.74) is 3.69. The third-order valence-corrected chi connectivity index (χ3v) is 6.83. The second-order valence-electron chi connectivity index (χ2n) is 8.53. The van der Waals surface area contributed by atoms with Crippen LogP contribution in [-0.4, -0.2) is 35.1 Å². The fourth-order valence-corrected chi connectivity index (χ4v) is 4.82. The fourth-order valence-electron chi connectivity index (χ4n) is 3.83. The van der Waals surface area contributed by atoms with E-state index in [1.807, 2.05) is 49.4 Å². The Hall–Kier alpha value is -3.12. The van der Waals surface area contributed by atoms with Crippen LogP contribution >= 0.6 is 11.8 Å². The fraction of sp³-hybridized carbons (Fsp3) is 0.310. The molecule has 0 unspecified atom stereocenters. The van der Waals surface area contributed by atoms with Crippen molar-refractivity contribution in [2.24, 2.45) is 0 Å². The largest absolute Gasteiger partial charge is 0.354 e. The van der Waals surface area contributed by atoms with E-state index >= 15 is 0 Å². The highest BCUT2D eigenvalue weighted by Gasteiger charge is 2.30. The molecule has 0 spiro atoms. The number of hydrogen-bond acceptors (Lipinski definition) is 3. The Balaban J connectivity index is 1.85. The molecule has 1 atom stereocenters. The van der Waals surface area contributed by atoms with Gasteiger partial charge >= 0.3 is 0 Å². The van der Waals surface area contributed by atoms with Crippen molar-refractivity contribution in [3.8, 4) is 0 Å². The molecule has 0 bridgehead atoms. The van der Waals surface area contributed by atoms with Crippen molar-refractivity contribution in [1.29, 1.82) is 0 Å². The van der Waals surface area contributed by atoms with Gasteiger partial charge in [0.05, 0.1) is 5.75 Å². The maximum atomic E-state index is 14.6. The summed E-state index contributed by atoms with van der Waals surface area (Å²) in [7, 11) is 0. The monoisotopic (exact) mass is 492 g/mol. The lowest BCUT2D eigenvalue weighted by atomic mass is 10.0. The minimum Gasteiger partial charge on any atom is -0.354 e. The first-order valence-corrected chi connectivity index (χ1v) is 13.1. The zero-order valence-electron chi connectivity index (χ0n) is 20.4. The van der Waals surface area contributed by atoms with Gasteiger partial charge in [-0.15, -0.1) is 11.8 Å². The van der Waals surface area contributed by atoms with Crippen LogP contribution in [0.3, 0.4) is 0 Å². The molecular weight excluding hydrogens is 459 g/mol. The minimum atomic E-state index is -0.741. The highest BCUT2D eigenvalue weighted by atomic mass is 32.2. The summed E-state index contributed by atoms with van der Waals surface area (Å²) < 4.78 is 14.6. The molecule has 3 aromatic carbocycles. The van der Waals surface area contributed by atoms with E-state index in [0.717, 1.165) is 12.0 Å². The molecule has 0 aliphatic heterocycles. The smallest absolute Gasteiger partial charge is 0.243 e. The van der Waals surface area contributed by atoms with E-state index in [9.17, 15) is 14.0 Å². The molecule has 1 N–H and O–H groups in total. The van der Waals surface area contributed by atoms with Crippen LogP contribution in [0.2, 0.25) is 0 Å². The topological polar surface area (TPSA) is 49.4 Å². The van der Waals surface area contributed by atoms with E-state index in [-0.39, 0.29) is 29.9 Å². The number of halogens is 1. The number of benzene rings is 3. The Kier molecular flexibility index (Phi) is 10.4. The summed E-state index contributed by atoms with van der Waals surface area (Å²) in [6, 6.07) is 23.4. The van der Waals surface area contributed by atoms with Gasteiger partial charge in [-0.05, 0) is 36.1 Å². The van der Waals surface area contributed by atoms with E-state index in [2.05, 4.69) is 24.4 Å². The van der Waals surface area contributed by atoms with E-state index < -0.39 is 6.04 Å². The molecule has 0 fully saturated rings. The molecule has 184 valence electrons. The molecule has 0 aliphatic carbocycles. The lowest BCUT2D eigenvalue weighted by Crippen LogP contribution is -2.51. The molecule has 3 aromatic rings. The van der Waals surface area contributed by atoms with Gasteiger partial charge in [-0.2, -0.15) is 0 Å². The van der Waals surface area contributed by atoms with Crippen LogP contribution in [0.25, 0.3) is 0 Å². The second-order valence-corrected chi connectivity index (χ2v) is 9.51. The summed E-state index contributed by atoms with van der Waals surface area (Å²) >= 11 is 1.51. The lowest BCUT2D eigenvalue weighted by molar-refractivity contribution is -0.139. The van der Waals surface area contributed by atoms with Crippen LogP contribution in [0.5, 0.6) is 0 Å². The van der Waals surface area contributed by atoms with Crippen molar-refractivity contribution < 1.29 is 14.0 Å². The molecule has 0 heterocycles. The van der Waals surface area contributed by atoms with Gasteiger partial charge in [-0.25, -0.2) is 4.39 Å². The molecule has 0 radical (unpaired) electrons. The van der Waals surface area contributed by atoms with Gasteiger partial charge in [-0.3, -0.25) is 9.59 Å². The van der Waals surface area contributed by atoms with Crippen LogP contribution in [0.15, 0.2) is 78.9 Å². The SMILES string of the molecule is CCCNC(=O)[C@@H](Cc1ccccc1)N(Cc1ccccc1F)C(=O)CSCc1ccccc1C. The van der Waals surface area contributed by atoms with Crippen molar-refractivity contribution in [2.45, 2.75) is 45.0 Å². The third kappa shape index (κ3) is 7.96. The number of nitrogens with one attached hydrogen (secondary N) is 1. The summed E-state index contributed by atoms with van der Waals surface area (Å²) in [5.74, 6) is 0.112. The Morgan fingerprint density at radius 2 is 1.60 bits per heavy atom. The van der Waals surface area contributed by atoms with Crippen LogP contribution in [0.1, 0.15) is 35.6 Å². The summed E-state index contributed by atoms with van der Waals surface area (Å²) in [4.78, 5) is 28.4. The Morgan fingerprint density at radius 3 is 2.29 bits per heavy atom. The second kappa shape index (κ2) is 13.7. The van der Waals surface area contributed by atoms with Crippen LogP contribution in [0.4, 0.5) is 4.39 Å². The van der Waals surface area contributed by atoms with Gasteiger partial charge in [0.15, 0.2) is 0 Å². The number of hydrogen-bond donors (Lipinski definition) is 1. The van der Waals surface area contributed by atoms with Gasteiger partial charge < -0.3 is 10.2 Å². The molecule has 0 aliphatic rings. The zero-order chi connectivity index (χ0) is 25.0. The average molecular weight is 493 g/mol. The van der Waals surface area contributed by atoms with Crippen LogP contribution in [-0.2, 0) is 28.3 Å². The maximum absolute atomic E-state index is 14.6. The van der Waals surface area contributed by atoms with Crippen molar-refractivity contribution in [3.05, 3.63) is 107 Å². The molecule has 3 rings (SSSR count). The Labute approximate surface area is 211 Å². The predicted octanol–water partition coefficient (Wildman–Crippen LogP) is 5.53. The molecular formula is C29H33FN2O2S. The average Bonchev–Trinajstić information content (AvgIpc) is 2.87. The van der Waals surface area contributed by atoms with Gasteiger partial charge in [0.2, 0.25) is 11.8 Å². The number of aryl methyl sites for hydroxylation is 1. The lowest BCUT2D eigenvalue weighted by Gasteiger charge is -2.31. The summed E-state index contributed by atoms with van der Waals surface area (Å²) in [6.45, 7) is 4.59. The Bertz CT molecular complexity index is 1110. The molecule has 0 saturated heterocycles. The molecule has 0 aromatic heterocycles. The minimum absolute atomic E-state index is 0.0352. The van der Waals surface area contributed by atoms with E-state index in [4.69, 9.17) is 0 Å². The molecule has 35 heavy (non-hydrogen) atoms. The summed E-state index contributed by atoms with van der Waals surface area (Å²) in [6.07, 6.45) is 1.15. The number of nitrogens with zero attached hydrogens (tertiary/aromatic N) is 1. The molecule has 0 saturated carbocycles. The normalized spacial score (nSPS) is 11.6. The maximum Gasteiger partial charge on any atom is 0.243 e. The van der Waals surface area contributed by atoms with E-state index in [1.165, 1.54) is 29.0 Å². The van der Waals surface area contributed by atoms with E-state index in [1.54, 1.807) is 23.1 Å². The molecule has 6 heteroatoms. The molecule has 4 nitrogen and oxygen atoms in total. The number of amides is 2. The number of carbonyl (C=O) groups is 2. The predicted molar refractivity (Wildman–Crippen MR) is 142 cm³/mol. The van der Waals surface area contributed by atoms with Crippen LogP contribution in [0, 0.1) is 12.7 Å². The van der Waals surface area contributed by atoms with Gasteiger partial charge in [0.25, 0.3) is 0 Å². The van der Waals surface area contributed by atoms with E-state index in [0.29, 0.717) is 24.3 Å². The van der Waals surface area contributed by atoms with Gasteiger partial charge in [0.1, 0.15) is 11.9 Å². The van der Waals surface area contributed by atoms with Gasteiger partial charge in [0, 0.05) is 30.8 Å². The van der Waals surface area contributed by atoms with Crippen molar-refractivity contribution in [2.75, 3.05) is 12.3 Å². The highest BCUT2D eigenvalue weighted by Crippen LogP contribution is 2.20. The first-order chi connectivity index (χ1) is 17.0. The highest BCUT2D eigenvalue weighted by molar-refractivity contribution is 7.99. The first kappa shape index (κ1) is 26.5. The van der Waals surface area contributed by atoms with Crippen molar-refractivity contribution in [1.82, 2.24) is 10.2 Å². The zero-order valence-corrected chi connectivity index (χ0v) is 21.2. The van der Waals surface area contributed by atoms with Crippen LogP contribution < -0.4 is 5.32 Å². The number of carbonyl (C=O) groups excluding carboxylic acids is 2. The number of thioether (sulfide) groups is 1. The van der Waals surface area contributed by atoms with Gasteiger partial charge in [-0.1, -0.05) is 79.7 Å². The number of rotatable bonds is 12. The Morgan fingerprint density at radius 1 is 0.943 bits per heavy atom.